The number of hydrogen-bond acceptors (Lipinski definition) is 4. The zero-order valence-electron chi connectivity index (χ0n) is 12.3. The van der Waals surface area contributed by atoms with Crippen LogP contribution in [0.3, 0.4) is 0 Å². The van der Waals surface area contributed by atoms with Gasteiger partial charge < -0.3 is 10.5 Å². The van der Waals surface area contributed by atoms with Crippen molar-refractivity contribution in [2.45, 2.75) is 39.7 Å². The first-order valence-electron chi connectivity index (χ1n) is 7.11. The SMILES string of the molecule is CCOc1ccc(C(C)CC)cc1-c1csc(CN)n1. The van der Waals surface area contributed by atoms with E-state index in [9.17, 15) is 0 Å². The Bertz CT molecular complexity index is 565. The van der Waals surface area contributed by atoms with Gasteiger partial charge in [-0.1, -0.05) is 19.9 Å². The van der Waals surface area contributed by atoms with Gasteiger partial charge >= 0.3 is 0 Å². The molecule has 0 saturated carbocycles. The fourth-order valence-electron chi connectivity index (χ4n) is 2.10. The highest BCUT2D eigenvalue weighted by Gasteiger charge is 2.13. The van der Waals surface area contributed by atoms with Crippen LogP contribution in [0.4, 0.5) is 0 Å². The number of aromatic nitrogens is 1. The van der Waals surface area contributed by atoms with Gasteiger partial charge in [-0.2, -0.15) is 0 Å². The highest BCUT2D eigenvalue weighted by molar-refractivity contribution is 7.09. The molecule has 1 atom stereocenters. The first kappa shape index (κ1) is 15.0. The molecule has 2 aromatic rings. The molecule has 20 heavy (non-hydrogen) atoms. The average molecular weight is 290 g/mol. The molecule has 0 spiro atoms. The van der Waals surface area contributed by atoms with Crippen LogP contribution in [0.2, 0.25) is 0 Å². The first-order chi connectivity index (χ1) is 9.69. The second-order valence-electron chi connectivity index (χ2n) is 4.83. The third-order valence-corrected chi connectivity index (χ3v) is 4.36. The van der Waals surface area contributed by atoms with Gasteiger partial charge in [0.25, 0.3) is 0 Å². The Labute approximate surface area is 124 Å². The number of benzene rings is 1. The molecular formula is C16H22N2OS. The number of nitrogens with zero attached hydrogens (tertiary/aromatic N) is 1. The van der Waals surface area contributed by atoms with Crippen molar-refractivity contribution in [3.63, 3.8) is 0 Å². The number of ether oxygens (including phenoxy) is 1. The van der Waals surface area contributed by atoms with E-state index in [4.69, 9.17) is 10.5 Å². The van der Waals surface area contributed by atoms with Crippen LogP contribution in [0.25, 0.3) is 11.3 Å². The number of hydrogen-bond donors (Lipinski definition) is 1. The van der Waals surface area contributed by atoms with Gasteiger partial charge in [0.1, 0.15) is 10.8 Å². The number of nitrogens with two attached hydrogens (primary N) is 1. The monoisotopic (exact) mass is 290 g/mol. The van der Waals surface area contributed by atoms with Crippen molar-refractivity contribution in [2.75, 3.05) is 6.61 Å². The topological polar surface area (TPSA) is 48.1 Å². The third-order valence-electron chi connectivity index (χ3n) is 3.49. The van der Waals surface area contributed by atoms with Crippen LogP contribution in [-0.2, 0) is 6.54 Å². The molecule has 0 fully saturated rings. The highest BCUT2D eigenvalue weighted by Crippen LogP contribution is 2.34. The lowest BCUT2D eigenvalue weighted by molar-refractivity contribution is 0.341. The van der Waals surface area contributed by atoms with E-state index < -0.39 is 0 Å². The maximum absolute atomic E-state index is 5.74. The van der Waals surface area contributed by atoms with Crippen molar-refractivity contribution in [3.05, 3.63) is 34.2 Å². The molecule has 2 rings (SSSR count). The largest absolute Gasteiger partial charge is 0.493 e. The van der Waals surface area contributed by atoms with E-state index >= 15 is 0 Å². The van der Waals surface area contributed by atoms with Gasteiger partial charge in [0.2, 0.25) is 0 Å². The van der Waals surface area contributed by atoms with Gasteiger partial charge in [0, 0.05) is 17.5 Å². The van der Waals surface area contributed by atoms with Crippen LogP contribution < -0.4 is 10.5 Å². The van der Waals surface area contributed by atoms with Crippen molar-refractivity contribution in [2.24, 2.45) is 5.73 Å². The summed E-state index contributed by atoms with van der Waals surface area (Å²) in [7, 11) is 0. The summed E-state index contributed by atoms with van der Waals surface area (Å²) in [6.45, 7) is 7.59. The quantitative estimate of drug-likeness (QED) is 0.868. The molecule has 0 saturated heterocycles. The van der Waals surface area contributed by atoms with Crippen molar-refractivity contribution < 1.29 is 4.74 Å². The van der Waals surface area contributed by atoms with Gasteiger partial charge in [-0.05, 0) is 37.0 Å². The Kier molecular flexibility index (Phi) is 5.15. The average Bonchev–Trinajstić information content (AvgIpc) is 2.96. The molecule has 0 amide bonds. The minimum atomic E-state index is 0.486. The summed E-state index contributed by atoms with van der Waals surface area (Å²) in [5.41, 5.74) is 9.01. The second-order valence-corrected chi connectivity index (χ2v) is 5.77. The fourth-order valence-corrected chi connectivity index (χ4v) is 2.77. The molecule has 3 nitrogen and oxygen atoms in total. The minimum absolute atomic E-state index is 0.486. The van der Waals surface area contributed by atoms with Gasteiger partial charge in [0.15, 0.2) is 0 Å². The van der Waals surface area contributed by atoms with E-state index in [2.05, 4.69) is 42.4 Å². The Morgan fingerprint density at radius 1 is 1.35 bits per heavy atom. The minimum Gasteiger partial charge on any atom is -0.493 e. The molecule has 0 aliphatic heterocycles. The van der Waals surface area contributed by atoms with Crippen LogP contribution in [0.15, 0.2) is 23.6 Å². The maximum Gasteiger partial charge on any atom is 0.128 e. The standard InChI is InChI=1S/C16H22N2OS/c1-4-11(3)12-6-7-15(19-5-2)13(8-12)14-10-20-16(9-17)18-14/h6-8,10-11H,4-5,9,17H2,1-3H3. The van der Waals surface area contributed by atoms with Crippen LogP contribution >= 0.6 is 11.3 Å². The Morgan fingerprint density at radius 2 is 2.15 bits per heavy atom. The lowest BCUT2D eigenvalue weighted by atomic mass is 9.96. The highest BCUT2D eigenvalue weighted by atomic mass is 32.1. The molecule has 1 heterocycles. The van der Waals surface area contributed by atoms with Gasteiger partial charge in [-0.3, -0.25) is 0 Å². The molecule has 0 bridgehead atoms. The number of rotatable bonds is 6. The van der Waals surface area contributed by atoms with Crippen molar-refractivity contribution in [1.29, 1.82) is 0 Å². The van der Waals surface area contributed by atoms with E-state index in [0.717, 1.165) is 28.4 Å². The summed E-state index contributed by atoms with van der Waals surface area (Å²) in [6.07, 6.45) is 1.12. The summed E-state index contributed by atoms with van der Waals surface area (Å²) < 4.78 is 5.74. The molecule has 108 valence electrons. The molecule has 1 unspecified atom stereocenters. The van der Waals surface area contributed by atoms with Crippen molar-refractivity contribution in [1.82, 2.24) is 4.98 Å². The molecule has 0 aliphatic rings. The van der Waals surface area contributed by atoms with Gasteiger partial charge in [-0.15, -0.1) is 11.3 Å². The van der Waals surface area contributed by atoms with Crippen molar-refractivity contribution in [3.8, 4) is 17.0 Å². The van der Waals surface area contributed by atoms with Crippen LogP contribution in [0, 0.1) is 0 Å². The van der Waals surface area contributed by atoms with Gasteiger partial charge in [-0.25, -0.2) is 4.98 Å². The predicted molar refractivity (Wildman–Crippen MR) is 85.3 cm³/mol. The van der Waals surface area contributed by atoms with E-state index in [0.29, 0.717) is 19.1 Å². The van der Waals surface area contributed by atoms with E-state index in [1.807, 2.05) is 6.92 Å². The lowest BCUT2D eigenvalue weighted by Gasteiger charge is -2.14. The van der Waals surface area contributed by atoms with Crippen LogP contribution in [0.5, 0.6) is 5.75 Å². The van der Waals surface area contributed by atoms with E-state index in [1.54, 1.807) is 11.3 Å². The summed E-state index contributed by atoms with van der Waals surface area (Å²) in [6, 6.07) is 6.41. The maximum atomic E-state index is 5.74. The third kappa shape index (κ3) is 3.19. The van der Waals surface area contributed by atoms with Crippen molar-refractivity contribution >= 4 is 11.3 Å². The summed E-state index contributed by atoms with van der Waals surface area (Å²) in [4.78, 5) is 4.58. The van der Waals surface area contributed by atoms with Crippen LogP contribution in [0.1, 0.15) is 43.7 Å². The lowest BCUT2D eigenvalue weighted by Crippen LogP contribution is -1.98. The predicted octanol–water partition coefficient (Wildman–Crippen LogP) is 4.18. The van der Waals surface area contributed by atoms with E-state index in [-0.39, 0.29) is 0 Å². The Balaban J connectivity index is 2.45. The Hall–Kier alpha value is -1.39. The summed E-state index contributed by atoms with van der Waals surface area (Å²) in [5, 5.41) is 3.01. The second kappa shape index (κ2) is 6.86. The summed E-state index contributed by atoms with van der Waals surface area (Å²) >= 11 is 1.60. The smallest absolute Gasteiger partial charge is 0.128 e. The zero-order chi connectivity index (χ0) is 14.5. The first-order valence-corrected chi connectivity index (χ1v) is 7.99. The van der Waals surface area contributed by atoms with Gasteiger partial charge in [0.05, 0.1) is 12.3 Å². The molecule has 2 N–H and O–H groups in total. The van der Waals surface area contributed by atoms with Crippen LogP contribution in [-0.4, -0.2) is 11.6 Å². The molecule has 1 aromatic heterocycles. The normalized spacial score (nSPS) is 12.4. The zero-order valence-corrected chi connectivity index (χ0v) is 13.2. The molecular weight excluding hydrogens is 268 g/mol. The molecule has 1 aromatic carbocycles. The van der Waals surface area contributed by atoms with E-state index in [1.165, 1.54) is 5.56 Å². The summed E-state index contributed by atoms with van der Waals surface area (Å²) in [5.74, 6) is 1.44. The molecule has 4 heteroatoms. The fraction of sp³-hybridized carbons (Fsp3) is 0.438. The Morgan fingerprint density at radius 3 is 2.75 bits per heavy atom. The number of thiazole rings is 1. The molecule has 0 aliphatic carbocycles. The molecule has 0 radical (unpaired) electrons.